The highest BCUT2D eigenvalue weighted by atomic mass is 32.2. The average molecular weight is 753 g/mol. The summed E-state index contributed by atoms with van der Waals surface area (Å²) < 4.78 is 36.0. The van der Waals surface area contributed by atoms with Crippen LogP contribution < -0.4 is 10.6 Å². The number of amides is 2. The van der Waals surface area contributed by atoms with Gasteiger partial charge in [0, 0.05) is 40.2 Å². The van der Waals surface area contributed by atoms with Gasteiger partial charge in [-0.1, -0.05) is 30.4 Å². The number of H-pyrrole nitrogens is 1. The summed E-state index contributed by atoms with van der Waals surface area (Å²) in [5.41, 5.74) is 9.43. The predicted molar refractivity (Wildman–Crippen MR) is 206 cm³/mol. The molecule has 0 fully saturated rings. The highest BCUT2D eigenvalue weighted by Gasteiger charge is 2.29. The molecule has 0 saturated carbocycles. The maximum Gasteiger partial charge on any atom is 0.310 e. The number of aromatic nitrogens is 1. The van der Waals surface area contributed by atoms with Crippen LogP contribution in [0.1, 0.15) is 68.1 Å². The zero-order chi connectivity index (χ0) is 39.5. The minimum Gasteiger partial charge on any atom is -0.469 e. The molecule has 13 heteroatoms. The Hall–Kier alpha value is -5.82. The molecule has 0 spiro atoms. The van der Waals surface area contributed by atoms with Crippen LogP contribution in [-0.4, -0.2) is 62.8 Å². The second kappa shape index (κ2) is 16.0. The van der Waals surface area contributed by atoms with Crippen molar-refractivity contribution in [1.29, 1.82) is 0 Å². The molecule has 4 heterocycles. The number of nitrogens with zero attached hydrogens (tertiary/aromatic N) is 1. The minimum absolute atomic E-state index is 0.0315. The molecule has 0 bridgehead atoms. The Morgan fingerprint density at radius 3 is 2.11 bits per heavy atom. The van der Waals surface area contributed by atoms with Gasteiger partial charge in [-0.15, -0.1) is 0 Å². The summed E-state index contributed by atoms with van der Waals surface area (Å²) in [6.07, 6.45) is 7.32. The third kappa shape index (κ3) is 8.21. The molecule has 3 aliphatic heterocycles. The Morgan fingerprint density at radius 2 is 1.46 bits per heavy atom. The predicted octanol–water partition coefficient (Wildman–Crippen LogP) is 5.58. The molecule has 3 N–H and O–H groups in total. The Labute approximate surface area is 315 Å². The minimum atomic E-state index is -3.62. The van der Waals surface area contributed by atoms with Crippen LogP contribution in [0.2, 0.25) is 0 Å². The first-order valence-electron chi connectivity index (χ1n) is 17.3. The van der Waals surface area contributed by atoms with Gasteiger partial charge >= 0.3 is 11.9 Å². The van der Waals surface area contributed by atoms with Crippen molar-refractivity contribution in [1.82, 2.24) is 15.6 Å². The Balaban J connectivity index is 1.54. The van der Waals surface area contributed by atoms with Crippen LogP contribution in [0, 0.1) is 13.8 Å². The van der Waals surface area contributed by atoms with Crippen molar-refractivity contribution in [2.24, 2.45) is 4.99 Å². The van der Waals surface area contributed by atoms with Crippen molar-refractivity contribution in [2.45, 2.75) is 65.2 Å². The Morgan fingerprint density at radius 1 is 0.796 bits per heavy atom. The molecule has 1 aromatic heterocycles. The van der Waals surface area contributed by atoms with Gasteiger partial charge in [0.15, 0.2) is 9.84 Å². The maximum absolute atomic E-state index is 13.1. The van der Waals surface area contributed by atoms with Crippen LogP contribution in [0.4, 0.5) is 0 Å². The third-order valence-electron chi connectivity index (χ3n) is 9.91. The zero-order valence-corrected chi connectivity index (χ0v) is 32.3. The molecule has 0 saturated heterocycles. The molecule has 282 valence electrons. The normalized spacial score (nSPS) is 18.3. The highest BCUT2D eigenvalue weighted by molar-refractivity contribution is 7.91. The van der Waals surface area contributed by atoms with Crippen LogP contribution in [0.5, 0.6) is 0 Å². The summed E-state index contributed by atoms with van der Waals surface area (Å²) in [6.45, 7) is 12.9. The summed E-state index contributed by atoms with van der Waals surface area (Å²) in [6, 6.07) is 6.61. The number of carbonyl (C=O) groups is 4. The highest BCUT2D eigenvalue weighted by Crippen LogP contribution is 2.35. The van der Waals surface area contributed by atoms with Crippen molar-refractivity contribution in [3.8, 4) is 0 Å². The van der Waals surface area contributed by atoms with E-state index in [1.54, 1.807) is 62.4 Å². The van der Waals surface area contributed by atoms with E-state index >= 15 is 0 Å². The monoisotopic (exact) mass is 752 g/mol. The summed E-state index contributed by atoms with van der Waals surface area (Å²) in [5.74, 6) is -1.68. The molecule has 12 nitrogen and oxygen atoms in total. The van der Waals surface area contributed by atoms with Crippen LogP contribution in [-0.2, 0) is 44.9 Å². The number of esters is 2. The zero-order valence-electron chi connectivity index (χ0n) is 31.5. The number of allylic oxidation sites excluding steroid dienone is 5. The lowest BCUT2D eigenvalue weighted by atomic mass is 9.98. The lowest BCUT2D eigenvalue weighted by molar-refractivity contribution is -0.141. The summed E-state index contributed by atoms with van der Waals surface area (Å²) in [4.78, 5) is 58.9. The first-order chi connectivity index (χ1) is 25.6. The van der Waals surface area contributed by atoms with E-state index < -0.39 is 15.8 Å². The number of hydrogen-bond acceptors (Lipinski definition) is 9. The molecule has 54 heavy (non-hydrogen) atoms. The van der Waals surface area contributed by atoms with Gasteiger partial charge in [0.05, 0.1) is 48.4 Å². The van der Waals surface area contributed by atoms with E-state index in [2.05, 4.69) is 22.2 Å². The molecule has 0 atom stereocenters. The number of ether oxygens (including phenoxy) is 2. The van der Waals surface area contributed by atoms with Gasteiger partial charge in [0.25, 0.3) is 11.8 Å². The number of hydrogen-bond donors (Lipinski definition) is 3. The van der Waals surface area contributed by atoms with E-state index in [4.69, 9.17) is 14.5 Å². The van der Waals surface area contributed by atoms with Gasteiger partial charge in [0.1, 0.15) is 0 Å². The fourth-order valence-electron chi connectivity index (χ4n) is 6.50. The molecule has 2 amide bonds. The van der Waals surface area contributed by atoms with Gasteiger partial charge in [-0.05, 0) is 106 Å². The molecule has 3 aliphatic rings. The van der Waals surface area contributed by atoms with Crippen LogP contribution in [0.3, 0.4) is 0 Å². The maximum atomic E-state index is 13.1. The largest absolute Gasteiger partial charge is 0.469 e. The lowest BCUT2D eigenvalue weighted by Gasteiger charge is -2.07. The number of nitrogens with one attached hydrogen (secondary N) is 3. The van der Waals surface area contributed by atoms with Gasteiger partial charge < -0.3 is 25.1 Å². The van der Waals surface area contributed by atoms with Gasteiger partial charge in [0.2, 0.25) is 0 Å². The number of methoxy groups -OCH3 is 2. The molecule has 1 aromatic carbocycles. The van der Waals surface area contributed by atoms with E-state index in [9.17, 15) is 27.6 Å². The summed E-state index contributed by atoms with van der Waals surface area (Å²) in [5, 5.41) is 5.73. The number of aryl methyl sites for hydroxylation is 1. The van der Waals surface area contributed by atoms with E-state index in [1.165, 1.54) is 14.2 Å². The second-order valence-electron chi connectivity index (χ2n) is 13.3. The Bertz CT molecular complexity index is 2310. The molecule has 0 unspecified atom stereocenters. The van der Waals surface area contributed by atoms with Crippen molar-refractivity contribution in [3.63, 3.8) is 0 Å². The second-order valence-corrected chi connectivity index (χ2v) is 15.4. The number of carbonyl (C=O) groups excluding carboxylic acids is 4. The number of benzene rings is 1. The summed E-state index contributed by atoms with van der Waals surface area (Å²) in [7, 11) is -0.987. The SMILES string of the molecule is C=CC1=C(C)C(=O)N/C1=C\C1=NC(=C\c2[nH]c(/C=C3\NC(=O)C(CCS(=O)(=O)c4ccc(C)cc4)=C3C)c(C)c2CC(=O)OC)/C(CCC(=O)OC)=C1C. The third-order valence-corrected chi connectivity index (χ3v) is 11.6. The molecule has 0 aliphatic carbocycles. The van der Waals surface area contributed by atoms with Gasteiger partial charge in [-0.25, -0.2) is 13.4 Å². The lowest BCUT2D eigenvalue weighted by Crippen LogP contribution is -2.18. The van der Waals surface area contributed by atoms with Crippen molar-refractivity contribution in [2.75, 3.05) is 20.0 Å². The molecule has 5 rings (SSSR count). The van der Waals surface area contributed by atoms with Gasteiger partial charge in [-0.3, -0.25) is 19.2 Å². The first-order valence-corrected chi connectivity index (χ1v) is 19.0. The van der Waals surface area contributed by atoms with E-state index in [0.29, 0.717) is 68.5 Å². The van der Waals surface area contributed by atoms with E-state index in [-0.39, 0.29) is 47.7 Å². The smallest absolute Gasteiger partial charge is 0.310 e. The molecule has 2 aromatic rings. The topological polar surface area (TPSA) is 173 Å². The van der Waals surface area contributed by atoms with Crippen LogP contribution in [0.15, 0.2) is 103 Å². The number of aromatic amines is 1. The van der Waals surface area contributed by atoms with Crippen molar-refractivity contribution < 1.29 is 37.1 Å². The van der Waals surface area contributed by atoms with Gasteiger partial charge in [-0.2, -0.15) is 0 Å². The molecular weight excluding hydrogens is 709 g/mol. The number of rotatable bonds is 13. The van der Waals surface area contributed by atoms with Crippen LogP contribution >= 0.6 is 0 Å². The average Bonchev–Trinajstić information content (AvgIpc) is 3.78. The number of sulfone groups is 1. The number of aliphatic imine (C=N–C) groups is 1. The summed E-state index contributed by atoms with van der Waals surface area (Å²) >= 11 is 0. The molecular formula is C41H44N4O8S. The van der Waals surface area contributed by atoms with Crippen LogP contribution in [0.25, 0.3) is 12.2 Å². The Kier molecular flexibility index (Phi) is 11.7. The molecule has 0 radical (unpaired) electrons. The van der Waals surface area contributed by atoms with E-state index in [1.807, 2.05) is 20.8 Å². The first kappa shape index (κ1) is 39.4. The van der Waals surface area contributed by atoms with Crippen molar-refractivity contribution >= 4 is 51.5 Å². The fourth-order valence-corrected chi connectivity index (χ4v) is 7.75. The standard InChI is InChI=1S/C41H44N4O8S/c1-9-28-26(6)40(48)45-35(28)20-33-23(3)29(14-15-38(46)52-7)36(42-33)21-37-31(18-39(47)53-8)25(5)32(43-37)19-34-24(4)30(41(49)44-34)16-17-54(50,51)27-12-10-22(2)11-13-27/h9-13,19-21,43H,1,14-18H2,2-8H3,(H,44,49)(H,45,48)/b34-19-,35-20-,36-21-. The van der Waals surface area contributed by atoms with Crippen molar-refractivity contribution in [3.05, 3.63) is 122 Å². The van der Waals surface area contributed by atoms with E-state index in [0.717, 1.165) is 22.3 Å². The fraction of sp³-hybridized carbons (Fsp3) is 0.293. The quantitative estimate of drug-likeness (QED) is 0.223.